The van der Waals surface area contributed by atoms with Crippen LogP contribution in [0.5, 0.6) is 5.75 Å². The zero-order valence-electron chi connectivity index (χ0n) is 15.5. The van der Waals surface area contributed by atoms with Crippen LogP contribution in [0.2, 0.25) is 0 Å². The van der Waals surface area contributed by atoms with Crippen molar-refractivity contribution < 1.29 is 14.3 Å². The summed E-state index contributed by atoms with van der Waals surface area (Å²) in [4.78, 5) is 12.4. The molecule has 0 bridgehead atoms. The van der Waals surface area contributed by atoms with Crippen molar-refractivity contribution in [2.24, 2.45) is 0 Å². The largest absolute Gasteiger partial charge is 0.497 e. The van der Waals surface area contributed by atoms with E-state index in [1.807, 2.05) is 30.3 Å². The van der Waals surface area contributed by atoms with Gasteiger partial charge < -0.3 is 14.8 Å². The topological polar surface area (TPSA) is 47.6 Å². The quantitative estimate of drug-likeness (QED) is 0.784. The predicted molar refractivity (Wildman–Crippen MR) is 102 cm³/mol. The summed E-state index contributed by atoms with van der Waals surface area (Å²) in [6.45, 7) is 2.85. The highest BCUT2D eigenvalue weighted by atomic mass is 16.5. The Labute approximate surface area is 155 Å². The Bertz CT molecular complexity index is 725. The molecule has 1 aliphatic carbocycles. The van der Waals surface area contributed by atoms with Gasteiger partial charge in [-0.25, -0.2) is 0 Å². The molecule has 4 heteroatoms. The second-order valence-corrected chi connectivity index (χ2v) is 7.02. The summed E-state index contributed by atoms with van der Waals surface area (Å²) in [6.07, 6.45) is 2.97. The molecule has 0 aromatic heterocycles. The molecule has 138 valence electrons. The molecule has 1 unspecified atom stereocenters. The lowest BCUT2D eigenvalue weighted by Gasteiger charge is -2.42. The second kappa shape index (κ2) is 8.37. The highest BCUT2D eigenvalue weighted by Crippen LogP contribution is 2.43. The highest BCUT2D eigenvalue weighted by molar-refractivity contribution is 5.80. The number of hydrogen-bond donors (Lipinski definition) is 1. The van der Waals surface area contributed by atoms with Gasteiger partial charge in [-0.3, -0.25) is 4.79 Å². The minimum Gasteiger partial charge on any atom is -0.497 e. The van der Waals surface area contributed by atoms with Gasteiger partial charge in [0.2, 0.25) is 5.91 Å². The maximum Gasteiger partial charge on any atom is 0.248 e. The SMILES string of the molecule is COc1cccc(COC(C)C(=O)NCC2(c3ccccc3)CCC2)c1. The first kappa shape index (κ1) is 18.5. The summed E-state index contributed by atoms with van der Waals surface area (Å²) in [5, 5.41) is 3.09. The average molecular weight is 353 g/mol. The van der Waals surface area contributed by atoms with E-state index in [-0.39, 0.29) is 11.3 Å². The minimum absolute atomic E-state index is 0.0601. The minimum atomic E-state index is -0.492. The number of methoxy groups -OCH3 is 1. The fourth-order valence-electron chi connectivity index (χ4n) is 3.42. The Kier molecular flexibility index (Phi) is 5.94. The first-order chi connectivity index (χ1) is 12.6. The van der Waals surface area contributed by atoms with Crippen molar-refractivity contribution in [2.45, 2.75) is 44.3 Å². The molecule has 1 saturated carbocycles. The van der Waals surface area contributed by atoms with E-state index in [4.69, 9.17) is 9.47 Å². The first-order valence-electron chi connectivity index (χ1n) is 9.21. The third kappa shape index (κ3) is 4.25. The van der Waals surface area contributed by atoms with Crippen molar-refractivity contribution in [1.82, 2.24) is 5.32 Å². The zero-order valence-corrected chi connectivity index (χ0v) is 15.5. The average Bonchev–Trinajstić information content (AvgIpc) is 2.66. The molecule has 4 nitrogen and oxygen atoms in total. The monoisotopic (exact) mass is 353 g/mol. The Morgan fingerprint density at radius 1 is 1.15 bits per heavy atom. The van der Waals surface area contributed by atoms with Gasteiger partial charge in [-0.15, -0.1) is 0 Å². The summed E-state index contributed by atoms with van der Waals surface area (Å²) in [6, 6.07) is 18.2. The number of amides is 1. The molecule has 0 radical (unpaired) electrons. The van der Waals surface area contributed by atoms with Gasteiger partial charge in [0.25, 0.3) is 0 Å². The fraction of sp³-hybridized carbons (Fsp3) is 0.409. The van der Waals surface area contributed by atoms with E-state index in [0.29, 0.717) is 13.2 Å². The van der Waals surface area contributed by atoms with Gasteiger partial charge in [0, 0.05) is 12.0 Å². The predicted octanol–water partition coefficient (Wildman–Crippen LogP) is 3.84. The number of ether oxygens (including phenoxy) is 2. The van der Waals surface area contributed by atoms with E-state index < -0.39 is 6.10 Å². The van der Waals surface area contributed by atoms with Crippen LogP contribution in [0.3, 0.4) is 0 Å². The van der Waals surface area contributed by atoms with Crippen molar-refractivity contribution in [2.75, 3.05) is 13.7 Å². The van der Waals surface area contributed by atoms with Crippen molar-refractivity contribution >= 4 is 5.91 Å². The van der Waals surface area contributed by atoms with Crippen LogP contribution >= 0.6 is 0 Å². The van der Waals surface area contributed by atoms with Crippen LogP contribution in [0.15, 0.2) is 54.6 Å². The van der Waals surface area contributed by atoms with E-state index in [0.717, 1.165) is 24.2 Å². The van der Waals surface area contributed by atoms with Gasteiger partial charge in [-0.1, -0.05) is 48.9 Å². The molecule has 2 aromatic rings. The fourth-order valence-corrected chi connectivity index (χ4v) is 3.42. The Balaban J connectivity index is 1.51. The van der Waals surface area contributed by atoms with Crippen LogP contribution < -0.4 is 10.1 Å². The van der Waals surface area contributed by atoms with E-state index in [1.165, 1.54) is 12.0 Å². The molecular weight excluding hydrogens is 326 g/mol. The molecule has 1 fully saturated rings. The zero-order chi connectivity index (χ0) is 18.4. The number of rotatable bonds is 8. The molecule has 0 aliphatic heterocycles. The third-order valence-electron chi connectivity index (χ3n) is 5.30. The molecule has 0 heterocycles. The molecular formula is C22H27NO3. The molecule has 1 atom stereocenters. The molecule has 1 N–H and O–H groups in total. The van der Waals surface area contributed by atoms with E-state index in [2.05, 4.69) is 29.6 Å². The normalized spacial score (nSPS) is 16.4. The summed E-state index contributed by atoms with van der Waals surface area (Å²) in [5.41, 5.74) is 2.39. The molecule has 0 spiro atoms. The van der Waals surface area contributed by atoms with Gasteiger partial charge in [-0.2, -0.15) is 0 Å². The number of nitrogens with one attached hydrogen (secondary N) is 1. The molecule has 3 rings (SSSR count). The van der Waals surface area contributed by atoms with Gasteiger partial charge in [0.1, 0.15) is 11.9 Å². The van der Waals surface area contributed by atoms with Gasteiger partial charge in [0.15, 0.2) is 0 Å². The smallest absolute Gasteiger partial charge is 0.248 e. The third-order valence-corrected chi connectivity index (χ3v) is 5.30. The summed E-state index contributed by atoms with van der Waals surface area (Å²) in [7, 11) is 1.64. The van der Waals surface area contributed by atoms with Gasteiger partial charge >= 0.3 is 0 Å². The maximum atomic E-state index is 12.4. The van der Waals surface area contributed by atoms with E-state index in [9.17, 15) is 4.79 Å². The van der Waals surface area contributed by atoms with Gasteiger partial charge in [0.05, 0.1) is 13.7 Å². The van der Waals surface area contributed by atoms with Crippen molar-refractivity contribution in [3.8, 4) is 5.75 Å². The van der Waals surface area contributed by atoms with Crippen LogP contribution in [0.1, 0.15) is 37.3 Å². The summed E-state index contributed by atoms with van der Waals surface area (Å²) in [5.74, 6) is 0.730. The van der Waals surface area contributed by atoms with Crippen LogP contribution in [0, 0.1) is 0 Å². The van der Waals surface area contributed by atoms with Crippen LogP contribution in [-0.2, 0) is 21.6 Å². The van der Waals surface area contributed by atoms with Crippen molar-refractivity contribution in [3.63, 3.8) is 0 Å². The standard InChI is InChI=1S/C22H27NO3/c1-17(26-15-18-8-6-11-20(14-18)25-2)21(24)23-16-22(12-7-13-22)19-9-4-3-5-10-19/h3-6,8-11,14,17H,7,12-13,15-16H2,1-2H3,(H,23,24). The van der Waals surface area contributed by atoms with E-state index >= 15 is 0 Å². The lowest BCUT2D eigenvalue weighted by molar-refractivity contribution is -0.132. The van der Waals surface area contributed by atoms with Gasteiger partial charge in [-0.05, 0) is 43.0 Å². The molecule has 2 aromatic carbocycles. The van der Waals surface area contributed by atoms with Crippen LogP contribution in [0.25, 0.3) is 0 Å². The Morgan fingerprint density at radius 2 is 1.92 bits per heavy atom. The van der Waals surface area contributed by atoms with Crippen LogP contribution in [-0.4, -0.2) is 25.7 Å². The molecule has 26 heavy (non-hydrogen) atoms. The number of carbonyl (C=O) groups is 1. The molecule has 1 aliphatic rings. The summed E-state index contributed by atoms with van der Waals surface area (Å²) < 4.78 is 11.0. The Hall–Kier alpha value is -2.33. The molecule has 1 amide bonds. The second-order valence-electron chi connectivity index (χ2n) is 7.02. The van der Waals surface area contributed by atoms with Crippen molar-refractivity contribution in [1.29, 1.82) is 0 Å². The number of carbonyl (C=O) groups excluding carboxylic acids is 1. The number of hydrogen-bond acceptors (Lipinski definition) is 3. The number of benzene rings is 2. The van der Waals surface area contributed by atoms with Crippen LogP contribution in [0.4, 0.5) is 0 Å². The lowest BCUT2D eigenvalue weighted by atomic mass is 9.64. The Morgan fingerprint density at radius 3 is 2.58 bits per heavy atom. The molecule has 0 saturated heterocycles. The highest BCUT2D eigenvalue weighted by Gasteiger charge is 2.38. The maximum absolute atomic E-state index is 12.4. The van der Waals surface area contributed by atoms with E-state index in [1.54, 1.807) is 14.0 Å². The van der Waals surface area contributed by atoms with Crippen molar-refractivity contribution in [3.05, 3.63) is 65.7 Å². The first-order valence-corrected chi connectivity index (χ1v) is 9.21. The lowest BCUT2D eigenvalue weighted by Crippen LogP contribution is -2.47. The summed E-state index contributed by atoms with van der Waals surface area (Å²) >= 11 is 0.